The monoisotopic (exact) mass is 375 g/mol. The smallest absolute Gasteiger partial charge is 0.422 e. The van der Waals surface area contributed by atoms with Crippen LogP contribution in [0, 0.1) is 0 Å². The third kappa shape index (κ3) is 6.97. The number of alkyl carbamates (subject to hydrolysis) is 1. The van der Waals surface area contributed by atoms with Crippen molar-refractivity contribution in [1.82, 2.24) is 10.3 Å². The Morgan fingerprint density at radius 3 is 2.73 bits per heavy atom. The van der Waals surface area contributed by atoms with Gasteiger partial charge in [-0.1, -0.05) is 6.07 Å². The molecule has 1 atom stereocenters. The van der Waals surface area contributed by atoms with E-state index in [4.69, 9.17) is 9.47 Å². The van der Waals surface area contributed by atoms with E-state index in [9.17, 15) is 18.0 Å². The number of nitrogens with one attached hydrogen (secondary N) is 1. The number of carbonyl (C=O) groups excluding carboxylic acids is 1. The highest BCUT2D eigenvalue weighted by molar-refractivity contribution is 5.68. The zero-order valence-corrected chi connectivity index (χ0v) is 15.1. The van der Waals surface area contributed by atoms with Gasteiger partial charge in [0.25, 0.3) is 0 Å². The highest BCUT2D eigenvalue weighted by Gasteiger charge is 2.29. The Bertz CT molecular complexity index is 617. The predicted octanol–water partition coefficient (Wildman–Crippen LogP) is 3.52. The second-order valence-corrected chi connectivity index (χ2v) is 7.17. The fraction of sp³-hybridized carbons (Fsp3) is 0.647. The fourth-order valence-electron chi connectivity index (χ4n) is 2.59. The molecule has 0 radical (unpaired) electrons. The van der Waals surface area contributed by atoms with Crippen molar-refractivity contribution in [1.29, 1.82) is 0 Å². The second kappa shape index (κ2) is 8.01. The summed E-state index contributed by atoms with van der Waals surface area (Å²) < 4.78 is 46.8. The van der Waals surface area contributed by atoms with E-state index in [0.29, 0.717) is 18.9 Å². The summed E-state index contributed by atoms with van der Waals surface area (Å²) in [6.45, 7) is 5.17. The Kier molecular flexibility index (Phi) is 6.20. The van der Waals surface area contributed by atoms with Gasteiger partial charge < -0.3 is 19.7 Å². The third-order valence-electron chi connectivity index (χ3n) is 3.56. The van der Waals surface area contributed by atoms with Gasteiger partial charge >= 0.3 is 12.3 Å². The first-order valence-corrected chi connectivity index (χ1v) is 8.43. The fourth-order valence-corrected chi connectivity index (χ4v) is 2.59. The van der Waals surface area contributed by atoms with Gasteiger partial charge in [0.15, 0.2) is 6.61 Å². The Hall–Kier alpha value is -2.19. The van der Waals surface area contributed by atoms with Crippen molar-refractivity contribution in [2.45, 2.75) is 51.4 Å². The molecule has 9 heteroatoms. The SMILES string of the molecule is CC(C)(C)OC(=O)N[C@@H]1CCCN(c2cccc(OCC(F)(F)F)n2)C1. The first kappa shape index (κ1) is 20.1. The number of carbonyl (C=O) groups is 1. The number of hydrogen-bond acceptors (Lipinski definition) is 5. The first-order valence-electron chi connectivity index (χ1n) is 8.43. The number of alkyl halides is 3. The van der Waals surface area contributed by atoms with Crippen LogP contribution in [0.4, 0.5) is 23.8 Å². The lowest BCUT2D eigenvalue weighted by Crippen LogP contribution is -2.49. The number of piperidine rings is 1. The first-order chi connectivity index (χ1) is 12.0. The van der Waals surface area contributed by atoms with Crippen molar-refractivity contribution in [3.63, 3.8) is 0 Å². The van der Waals surface area contributed by atoms with Crippen molar-refractivity contribution < 1.29 is 27.4 Å². The van der Waals surface area contributed by atoms with E-state index >= 15 is 0 Å². The van der Waals surface area contributed by atoms with Gasteiger partial charge in [-0.3, -0.25) is 0 Å². The molecular weight excluding hydrogens is 351 g/mol. The molecular formula is C17H24F3N3O3. The van der Waals surface area contributed by atoms with Gasteiger partial charge in [0.05, 0.1) is 0 Å². The minimum atomic E-state index is -4.41. The van der Waals surface area contributed by atoms with Crippen molar-refractivity contribution >= 4 is 11.9 Å². The number of halogens is 3. The van der Waals surface area contributed by atoms with Gasteiger partial charge in [-0.25, -0.2) is 4.79 Å². The van der Waals surface area contributed by atoms with Crippen LogP contribution in [0.1, 0.15) is 33.6 Å². The number of nitrogens with zero attached hydrogens (tertiary/aromatic N) is 2. The van der Waals surface area contributed by atoms with Crippen LogP contribution in [0.3, 0.4) is 0 Å². The molecule has 6 nitrogen and oxygen atoms in total. The van der Waals surface area contributed by atoms with E-state index in [0.717, 1.165) is 12.8 Å². The molecule has 2 rings (SSSR count). The summed E-state index contributed by atoms with van der Waals surface area (Å²) in [4.78, 5) is 18.0. The largest absolute Gasteiger partial charge is 0.468 e. The van der Waals surface area contributed by atoms with Crippen LogP contribution in [0.2, 0.25) is 0 Å². The molecule has 1 fully saturated rings. The topological polar surface area (TPSA) is 63.7 Å². The van der Waals surface area contributed by atoms with E-state index < -0.39 is 24.5 Å². The molecule has 1 amide bonds. The third-order valence-corrected chi connectivity index (χ3v) is 3.56. The molecule has 1 aromatic rings. The number of amides is 1. The molecule has 0 saturated carbocycles. The molecule has 26 heavy (non-hydrogen) atoms. The van der Waals surface area contributed by atoms with Crippen LogP contribution in [0.15, 0.2) is 18.2 Å². The van der Waals surface area contributed by atoms with E-state index in [1.165, 1.54) is 6.07 Å². The Labute approximate surface area is 150 Å². The highest BCUT2D eigenvalue weighted by Crippen LogP contribution is 2.22. The quantitative estimate of drug-likeness (QED) is 0.872. The number of ether oxygens (including phenoxy) is 2. The Morgan fingerprint density at radius 2 is 2.08 bits per heavy atom. The zero-order valence-electron chi connectivity index (χ0n) is 15.1. The lowest BCUT2D eigenvalue weighted by Gasteiger charge is -2.34. The van der Waals surface area contributed by atoms with E-state index in [-0.39, 0.29) is 11.9 Å². The molecule has 0 spiro atoms. The van der Waals surface area contributed by atoms with Crippen LogP contribution < -0.4 is 15.0 Å². The van der Waals surface area contributed by atoms with Crippen LogP contribution in [-0.4, -0.2) is 48.6 Å². The summed E-state index contributed by atoms with van der Waals surface area (Å²) >= 11 is 0. The molecule has 1 aliphatic heterocycles. The molecule has 0 unspecified atom stereocenters. The molecule has 146 valence electrons. The van der Waals surface area contributed by atoms with Crippen LogP contribution in [-0.2, 0) is 4.74 Å². The van der Waals surface area contributed by atoms with Crippen LogP contribution >= 0.6 is 0 Å². The molecule has 0 aliphatic carbocycles. The number of pyridine rings is 1. The number of aromatic nitrogens is 1. The van der Waals surface area contributed by atoms with Crippen molar-refractivity contribution in [2.75, 3.05) is 24.6 Å². The minimum Gasteiger partial charge on any atom is -0.468 e. The van der Waals surface area contributed by atoms with E-state index in [2.05, 4.69) is 10.3 Å². The summed E-state index contributed by atoms with van der Waals surface area (Å²) in [5.41, 5.74) is -0.579. The highest BCUT2D eigenvalue weighted by atomic mass is 19.4. The number of rotatable bonds is 4. The Morgan fingerprint density at radius 1 is 1.35 bits per heavy atom. The maximum Gasteiger partial charge on any atom is 0.422 e. The molecule has 1 saturated heterocycles. The Balaban J connectivity index is 1.95. The number of hydrogen-bond donors (Lipinski definition) is 1. The zero-order chi connectivity index (χ0) is 19.4. The summed E-state index contributed by atoms with van der Waals surface area (Å²) in [6.07, 6.45) is -3.29. The van der Waals surface area contributed by atoms with Crippen molar-refractivity contribution in [3.05, 3.63) is 18.2 Å². The molecule has 1 aliphatic rings. The number of anilines is 1. The maximum atomic E-state index is 12.3. The van der Waals surface area contributed by atoms with Gasteiger partial charge in [-0.2, -0.15) is 18.2 Å². The normalized spacial score (nSPS) is 18.4. The summed E-state index contributed by atoms with van der Waals surface area (Å²) in [5, 5.41) is 2.82. The second-order valence-electron chi connectivity index (χ2n) is 7.17. The average molecular weight is 375 g/mol. The van der Waals surface area contributed by atoms with Gasteiger partial charge in [-0.05, 0) is 39.7 Å². The maximum absolute atomic E-state index is 12.3. The molecule has 1 aromatic heterocycles. The average Bonchev–Trinajstić information content (AvgIpc) is 2.51. The predicted molar refractivity (Wildman–Crippen MR) is 90.4 cm³/mol. The summed E-state index contributed by atoms with van der Waals surface area (Å²) in [5.74, 6) is 0.433. The molecule has 0 aromatic carbocycles. The summed E-state index contributed by atoms with van der Waals surface area (Å²) in [7, 11) is 0. The summed E-state index contributed by atoms with van der Waals surface area (Å²) in [6, 6.07) is 4.56. The standard InChI is InChI=1S/C17H24F3N3O3/c1-16(2,3)26-15(24)21-12-6-5-9-23(10-12)13-7-4-8-14(22-13)25-11-17(18,19)20/h4,7-8,12H,5-6,9-11H2,1-3H3,(H,21,24)/t12-/m1/s1. The minimum absolute atomic E-state index is 0.0814. The van der Waals surface area contributed by atoms with Crippen molar-refractivity contribution in [2.24, 2.45) is 0 Å². The van der Waals surface area contributed by atoms with Gasteiger partial charge in [0.1, 0.15) is 11.4 Å². The molecule has 0 bridgehead atoms. The van der Waals surface area contributed by atoms with Crippen LogP contribution in [0.5, 0.6) is 5.88 Å². The van der Waals surface area contributed by atoms with Crippen LogP contribution in [0.25, 0.3) is 0 Å². The lowest BCUT2D eigenvalue weighted by atomic mass is 10.1. The molecule has 2 heterocycles. The van der Waals surface area contributed by atoms with E-state index in [1.54, 1.807) is 32.9 Å². The van der Waals surface area contributed by atoms with E-state index in [1.807, 2.05) is 4.90 Å². The van der Waals surface area contributed by atoms with Crippen molar-refractivity contribution in [3.8, 4) is 5.88 Å². The van der Waals surface area contributed by atoms with Gasteiger partial charge in [0, 0.05) is 25.2 Å². The lowest BCUT2D eigenvalue weighted by molar-refractivity contribution is -0.154. The van der Waals surface area contributed by atoms with Gasteiger partial charge in [-0.15, -0.1) is 0 Å². The van der Waals surface area contributed by atoms with Gasteiger partial charge in [0.2, 0.25) is 5.88 Å². The molecule has 1 N–H and O–H groups in total.